The maximum absolute atomic E-state index is 12.3. The number of hydrogen-bond donors (Lipinski definition) is 1. The summed E-state index contributed by atoms with van der Waals surface area (Å²) >= 11 is 6.48. The minimum absolute atomic E-state index is 0.000297. The minimum Gasteiger partial charge on any atom is -0.448 e. The zero-order valence-corrected chi connectivity index (χ0v) is 22.4. The molecule has 4 aromatic rings. The number of amides is 1. The monoisotopic (exact) mass is 541 g/mol. The van der Waals surface area contributed by atoms with Gasteiger partial charge in [0, 0.05) is 30.7 Å². The van der Waals surface area contributed by atoms with Crippen LogP contribution in [-0.4, -0.2) is 37.8 Å². The summed E-state index contributed by atoms with van der Waals surface area (Å²) in [4.78, 5) is 16.8. The van der Waals surface area contributed by atoms with Crippen LogP contribution in [0.4, 0.5) is 4.79 Å². The third kappa shape index (κ3) is 6.12. The molecule has 0 bridgehead atoms. The molecule has 0 spiro atoms. The zero-order chi connectivity index (χ0) is 26.6. The van der Waals surface area contributed by atoms with Gasteiger partial charge in [0.25, 0.3) is 10.0 Å². The van der Waals surface area contributed by atoms with Gasteiger partial charge in [-0.05, 0) is 54.4 Å². The number of nitrogens with zero attached hydrogens (tertiary/aromatic N) is 2. The van der Waals surface area contributed by atoms with Crippen LogP contribution in [0, 0.1) is 6.92 Å². The first-order chi connectivity index (χ1) is 17.7. The second-order valence-electron chi connectivity index (χ2n) is 8.55. The molecule has 1 amide bonds. The molecule has 0 saturated heterocycles. The molecule has 1 N–H and O–H groups in total. The van der Waals surface area contributed by atoms with Gasteiger partial charge in [-0.2, -0.15) is 0 Å². The number of benzene rings is 3. The average molecular weight is 542 g/mol. The van der Waals surface area contributed by atoms with Crippen molar-refractivity contribution in [1.29, 1.82) is 0 Å². The normalized spacial score (nSPS) is 11.6. The molecule has 0 radical (unpaired) electrons. The summed E-state index contributed by atoms with van der Waals surface area (Å²) in [5, 5.41) is 0.620. The molecule has 3 aromatic carbocycles. The predicted octanol–water partition coefficient (Wildman–Crippen LogP) is 5.35. The van der Waals surface area contributed by atoms with E-state index in [1.165, 1.54) is 12.1 Å². The van der Waals surface area contributed by atoms with Crippen LogP contribution in [0.1, 0.15) is 29.4 Å². The van der Waals surface area contributed by atoms with E-state index in [0.29, 0.717) is 18.1 Å². The minimum atomic E-state index is -3.99. The van der Waals surface area contributed by atoms with Crippen molar-refractivity contribution in [3.63, 3.8) is 0 Å². The number of nitrogens with one attached hydrogen (secondary N) is 1. The largest absolute Gasteiger partial charge is 0.448 e. The molecule has 0 unspecified atom stereocenters. The number of hydrogen-bond acceptors (Lipinski definition) is 6. The van der Waals surface area contributed by atoms with E-state index in [4.69, 9.17) is 26.1 Å². The first-order valence-corrected chi connectivity index (χ1v) is 13.6. The third-order valence-electron chi connectivity index (χ3n) is 5.88. The van der Waals surface area contributed by atoms with Gasteiger partial charge in [-0.3, -0.25) is 4.57 Å². The molecule has 0 saturated carbocycles. The number of fused-ring (bicyclic) bond motifs is 1. The maximum Gasteiger partial charge on any atom is 0.421 e. The number of carbonyl (C=O) groups excluding carboxylic acids is 1. The molecule has 0 aliphatic heterocycles. The summed E-state index contributed by atoms with van der Waals surface area (Å²) in [6, 6.07) is 17.9. The van der Waals surface area contributed by atoms with Crippen molar-refractivity contribution in [3.05, 3.63) is 88.2 Å². The average Bonchev–Trinajstić information content (AvgIpc) is 3.22. The highest BCUT2D eigenvalue weighted by molar-refractivity contribution is 7.90. The van der Waals surface area contributed by atoms with Crippen LogP contribution in [-0.2, 0) is 38.9 Å². The van der Waals surface area contributed by atoms with Crippen LogP contribution >= 0.6 is 11.6 Å². The number of imidazole rings is 1. The summed E-state index contributed by atoms with van der Waals surface area (Å²) in [6.45, 7) is 4.33. The van der Waals surface area contributed by atoms with Gasteiger partial charge in [-0.25, -0.2) is 22.9 Å². The Labute approximate surface area is 221 Å². The van der Waals surface area contributed by atoms with Gasteiger partial charge in [-0.1, -0.05) is 48.4 Å². The first kappa shape index (κ1) is 26.7. The van der Waals surface area contributed by atoms with Crippen LogP contribution in [0.3, 0.4) is 0 Å². The van der Waals surface area contributed by atoms with E-state index in [-0.39, 0.29) is 11.5 Å². The fourth-order valence-electron chi connectivity index (χ4n) is 3.97. The number of rotatable bonds is 9. The van der Waals surface area contributed by atoms with Gasteiger partial charge in [-0.15, -0.1) is 0 Å². The number of ether oxygens (including phenoxy) is 2. The second-order valence-corrected chi connectivity index (χ2v) is 10.6. The summed E-state index contributed by atoms with van der Waals surface area (Å²) in [6.07, 6.45) is 0.150. The number of halogens is 1. The van der Waals surface area contributed by atoms with Crippen molar-refractivity contribution in [2.75, 3.05) is 13.7 Å². The van der Waals surface area contributed by atoms with Crippen molar-refractivity contribution < 1.29 is 22.7 Å². The lowest BCUT2D eigenvalue weighted by atomic mass is 10.1. The summed E-state index contributed by atoms with van der Waals surface area (Å²) in [7, 11) is -2.36. The van der Waals surface area contributed by atoms with Crippen molar-refractivity contribution in [2.24, 2.45) is 0 Å². The van der Waals surface area contributed by atoms with E-state index in [2.05, 4.69) is 4.57 Å². The topological polar surface area (TPSA) is 99.5 Å². The molecule has 0 aliphatic rings. The fraction of sp³-hybridized carbons (Fsp3) is 0.259. The second kappa shape index (κ2) is 11.3. The molecule has 10 heteroatoms. The Bertz CT molecular complexity index is 1510. The standard InChI is InChI=1S/C27H28ClN3O5S/c1-4-26-29-24-15-20(17-35-3)23(28)16-25(24)31(26)21-9-7-19(8-10-21)13-14-36-27(32)30-37(33,34)22-11-5-18(2)6-12-22/h5-12,15-16H,4,13-14,17H2,1-3H3,(H,30,32). The SMILES string of the molecule is CCc1nc2cc(COC)c(Cl)cc2n1-c1ccc(CCOC(=O)NS(=O)(=O)c2ccc(C)cc2)cc1. The molecular formula is C27H28ClN3O5S. The number of carbonyl (C=O) groups is 1. The van der Waals surface area contributed by atoms with Crippen molar-refractivity contribution in [1.82, 2.24) is 14.3 Å². The van der Waals surface area contributed by atoms with E-state index in [1.807, 2.05) is 55.0 Å². The number of sulfonamides is 1. The van der Waals surface area contributed by atoms with Crippen LogP contribution in [0.2, 0.25) is 5.02 Å². The van der Waals surface area contributed by atoms with Crippen LogP contribution < -0.4 is 4.72 Å². The Hall–Kier alpha value is -3.40. The van der Waals surface area contributed by atoms with Gasteiger partial charge < -0.3 is 9.47 Å². The van der Waals surface area contributed by atoms with Crippen molar-refractivity contribution >= 4 is 38.8 Å². The number of aryl methyl sites for hydroxylation is 2. The van der Waals surface area contributed by atoms with Crippen molar-refractivity contribution in [3.8, 4) is 5.69 Å². The first-order valence-electron chi connectivity index (χ1n) is 11.8. The zero-order valence-electron chi connectivity index (χ0n) is 20.8. The highest BCUT2D eigenvalue weighted by Crippen LogP contribution is 2.28. The molecule has 0 atom stereocenters. The van der Waals surface area contributed by atoms with Gasteiger partial charge in [0.15, 0.2) is 0 Å². The predicted molar refractivity (Wildman–Crippen MR) is 143 cm³/mol. The van der Waals surface area contributed by atoms with Crippen LogP contribution in [0.5, 0.6) is 0 Å². The fourth-order valence-corrected chi connectivity index (χ4v) is 5.07. The lowest BCUT2D eigenvalue weighted by Gasteiger charge is -2.11. The Balaban J connectivity index is 1.41. The highest BCUT2D eigenvalue weighted by atomic mass is 35.5. The molecule has 1 aromatic heterocycles. The number of methoxy groups -OCH3 is 1. The van der Waals surface area contributed by atoms with Crippen molar-refractivity contribution in [2.45, 2.75) is 38.2 Å². The van der Waals surface area contributed by atoms with Crippen LogP contribution in [0.25, 0.3) is 16.7 Å². The lowest BCUT2D eigenvalue weighted by Crippen LogP contribution is -2.31. The molecule has 1 heterocycles. The van der Waals surface area contributed by atoms with Gasteiger partial charge in [0.1, 0.15) is 5.82 Å². The molecule has 8 nitrogen and oxygen atoms in total. The van der Waals surface area contributed by atoms with E-state index in [9.17, 15) is 13.2 Å². The molecule has 37 heavy (non-hydrogen) atoms. The van der Waals surface area contributed by atoms with E-state index >= 15 is 0 Å². The summed E-state index contributed by atoms with van der Waals surface area (Å²) < 4.78 is 39.0. The van der Waals surface area contributed by atoms with Gasteiger partial charge >= 0.3 is 6.09 Å². The van der Waals surface area contributed by atoms with E-state index in [1.54, 1.807) is 19.2 Å². The molecular weight excluding hydrogens is 514 g/mol. The highest BCUT2D eigenvalue weighted by Gasteiger charge is 2.18. The molecule has 4 rings (SSSR count). The van der Waals surface area contributed by atoms with E-state index < -0.39 is 16.1 Å². The number of aromatic nitrogens is 2. The Morgan fingerprint density at radius 2 is 1.78 bits per heavy atom. The molecule has 194 valence electrons. The lowest BCUT2D eigenvalue weighted by molar-refractivity contribution is 0.154. The molecule has 0 fully saturated rings. The third-order valence-corrected chi connectivity index (χ3v) is 7.56. The summed E-state index contributed by atoms with van der Waals surface area (Å²) in [5.74, 6) is 0.906. The molecule has 0 aliphatic carbocycles. The Morgan fingerprint density at radius 1 is 1.08 bits per heavy atom. The Morgan fingerprint density at radius 3 is 2.43 bits per heavy atom. The summed E-state index contributed by atoms with van der Waals surface area (Å²) in [5.41, 5.74) is 5.42. The van der Waals surface area contributed by atoms with Crippen LogP contribution in [0.15, 0.2) is 65.6 Å². The van der Waals surface area contributed by atoms with Gasteiger partial charge in [0.2, 0.25) is 0 Å². The Kier molecular flexibility index (Phi) is 8.16. The maximum atomic E-state index is 12.3. The quantitative estimate of drug-likeness (QED) is 0.306. The van der Waals surface area contributed by atoms with Gasteiger partial charge in [0.05, 0.1) is 29.1 Å². The smallest absolute Gasteiger partial charge is 0.421 e. The van der Waals surface area contributed by atoms with E-state index in [0.717, 1.165) is 45.7 Å².